The molecular formula is C14H12O4. The summed E-state index contributed by atoms with van der Waals surface area (Å²) in [6, 6.07) is 17.6. The molecule has 0 aliphatic carbocycles. The topological polar surface area (TPSA) is 74.6 Å². The average Bonchev–Trinajstić information content (AvgIpc) is 2.39. The molecule has 0 amide bonds. The summed E-state index contributed by atoms with van der Waals surface area (Å²) in [5, 5.41) is 13.9. The predicted molar refractivity (Wildman–Crippen MR) is 67.9 cm³/mol. The van der Waals surface area contributed by atoms with E-state index in [1.54, 1.807) is 6.07 Å². The fourth-order valence-corrected chi connectivity index (χ4v) is 1.42. The lowest BCUT2D eigenvalue weighted by Crippen LogP contribution is -1.81. The van der Waals surface area contributed by atoms with Crippen LogP contribution >= 0.6 is 0 Å². The van der Waals surface area contributed by atoms with Gasteiger partial charge in [-0.3, -0.25) is 4.79 Å². The van der Waals surface area contributed by atoms with E-state index in [9.17, 15) is 4.79 Å². The standard InChI is InChI=1S/C13H10O.CH2O3/c14-10-11-5-4-8-13(9-11)12-6-2-1-3-7-12;2-1(3)4/h1-10H;(H2,2,3,4). The van der Waals surface area contributed by atoms with Crippen LogP contribution in [0.25, 0.3) is 11.1 Å². The van der Waals surface area contributed by atoms with Crippen molar-refractivity contribution in [3.63, 3.8) is 0 Å². The third-order valence-corrected chi connectivity index (χ3v) is 2.13. The molecule has 0 saturated carbocycles. The van der Waals surface area contributed by atoms with Crippen LogP contribution in [0.4, 0.5) is 4.79 Å². The molecule has 92 valence electrons. The van der Waals surface area contributed by atoms with Gasteiger partial charge in [0.25, 0.3) is 0 Å². The van der Waals surface area contributed by atoms with Crippen LogP contribution in [0.15, 0.2) is 54.6 Å². The number of carboxylic acid groups (broad SMARTS) is 2. The van der Waals surface area contributed by atoms with E-state index in [2.05, 4.69) is 0 Å². The molecule has 4 heteroatoms. The minimum atomic E-state index is -1.83. The molecule has 0 radical (unpaired) electrons. The summed E-state index contributed by atoms with van der Waals surface area (Å²) in [4.78, 5) is 19.1. The van der Waals surface area contributed by atoms with Crippen molar-refractivity contribution >= 4 is 12.4 Å². The van der Waals surface area contributed by atoms with Gasteiger partial charge < -0.3 is 10.2 Å². The van der Waals surface area contributed by atoms with Crippen LogP contribution in [-0.2, 0) is 0 Å². The highest BCUT2D eigenvalue weighted by molar-refractivity contribution is 5.78. The molecule has 2 aromatic carbocycles. The molecule has 2 aromatic rings. The summed E-state index contributed by atoms with van der Waals surface area (Å²) < 4.78 is 0. The zero-order valence-electron chi connectivity index (χ0n) is 9.48. The monoisotopic (exact) mass is 244 g/mol. The fraction of sp³-hybridized carbons (Fsp3) is 0. The number of rotatable bonds is 2. The quantitative estimate of drug-likeness (QED) is 0.794. The summed E-state index contributed by atoms with van der Waals surface area (Å²) >= 11 is 0. The maximum Gasteiger partial charge on any atom is 0.503 e. The van der Waals surface area contributed by atoms with Gasteiger partial charge in [-0.15, -0.1) is 0 Å². The number of carbonyl (C=O) groups is 2. The Morgan fingerprint density at radius 3 is 2.00 bits per heavy atom. The van der Waals surface area contributed by atoms with Gasteiger partial charge in [0.1, 0.15) is 6.29 Å². The van der Waals surface area contributed by atoms with Crippen molar-refractivity contribution in [3.05, 3.63) is 60.2 Å². The average molecular weight is 244 g/mol. The molecule has 0 heterocycles. The molecule has 0 aliphatic heterocycles. The second-order valence-corrected chi connectivity index (χ2v) is 3.39. The Labute approximate surface area is 104 Å². The lowest BCUT2D eigenvalue weighted by Gasteiger charge is -2.00. The third-order valence-electron chi connectivity index (χ3n) is 2.13. The van der Waals surface area contributed by atoms with Crippen LogP contribution in [0.5, 0.6) is 0 Å². The lowest BCUT2D eigenvalue weighted by molar-refractivity contribution is 0.112. The van der Waals surface area contributed by atoms with Crippen molar-refractivity contribution < 1.29 is 19.8 Å². The first kappa shape index (κ1) is 13.4. The van der Waals surface area contributed by atoms with Crippen LogP contribution in [0, 0.1) is 0 Å². The smallest absolute Gasteiger partial charge is 0.450 e. The summed E-state index contributed by atoms with van der Waals surface area (Å²) in [7, 11) is 0. The molecule has 0 bridgehead atoms. The molecule has 0 saturated heterocycles. The second kappa shape index (κ2) is 6.85. The zero-order chi connectivity index (χ0) is 13.4. The van der Waals surface area contributed by atoms with Gasteiger partial charge in [-0.2, -0.15) is 0 Å². The summed E-state index contributed by atoms with van der Waals surface area (Å²) in [6.07, 6.45) is -0.966. The van der Waals surface area contributed by atoms with Gasteiger partial charge in [-0.25, -0.2) is 4.79 Å². The van der Waals surface area contributed by atoms with E-state index in [-0.39, 0.29) is 0 Å². The minimum absolute atomic E-state index is 0.714. The van der Waals surface area contributed by atoms with E-state index < -0.39 is 6.16 Å². The summed E-state index contributed by atoms with van der Waals surface area (Å²) in [5.41, 5.74) is 2.93. The van der Waals surface area contributed by atoms with Gasteiger partial charge in [-0.05, 0) is 17.2 Å². The summed E-state index contributed by atoms with van der Waals surface area (Å²) in [5.74, 6) is 0. The Balaban J connectivity index is 0.000000357. The minimum Gasteiger partial charge on any atom is -0.450 e. The maximum atomic E-state index is 10.6. The van der Waals surface area contributed by atoms with Crippen molar-refractivity contribution in [1.29, 1.82) is 0 Å². The van der Waals surface area contributed by atoms with E-state index in [1.165, 1.54) is 0 Å². The molecule has 0 atom stereocenters. The van der Waals surface area contributed by atoms with E-state index in [0.717, 1.165) is 17.4 Å². The Kier molecular flexibility index (Phi) is 5.12. The fourth-order valence-electron chi connectivity index (χ4n) is 1.42. The van der Waals surface area contributed by atoms with E-state index in [0.29, 0.717) is 5.56 Å². The normalized spacial score (nSPS) is 8.89. The molecule has 0 unspecified atom stereocenters. The van der Waals surface area contributed by atoms with Crippen LogP contribution < -0.4 is 0 Å². The maximum absolute atomic E-state index is 10.6. The lowest BCUT2D eigenvalue weighted by atomic mass is 10.0. The van der Waals surface area contributed by atoms with Crippen molar-refractivity contribution in [2.75, 3.05) is 0 Å². The van der Waals surface area contributed by atoms with Gasteiger partial charge >= 0.3 is 6.16 Å². The Hall–Kier alpha value is -2.62. The highest BCUT2D eigenvalue weighted by Gasteiger charge is 1.96. The number of carbonyl (C=O) groups excluding carboxylic acids is 1. The molecule has 18 heavy (non-hydrogen) atoms. The number of hydrogen-bond acceptors (Lipinski definition) is 2. The van der Waals surface area contributed by atoms with E-state index in [4.69, 9.17) is 15.0 Å². The van der Waals surface area contributed by atoms with Crippen molar-refractivity contribution in [1.82, 2.24) is 0 Å². The van der Waals surface area contributed by atoms with Crippen LogP contribution in [-0.4, -0.2) is 22.7 Å². The Morgan fingerprint density at radius 1 is 0.889 bits per heavy atom. The number of aldehydes is 1. The van der Waals surface area contributed by atoms with Crippen molar-refractivity contribution in [3.8, 4) is 11.1 Å². The predicted octanol–water partition coefficient (Wildman–Crippen LogP) is 3.39. The third kappa shape index (κ3) is 4.49. The van der Waals surface area contributed by atoms with Gasteiger partial charge in [0.2, 0.25) is 0 Å². The number of benzene rings is 2. The first-order chi connectivity index (χ1) is 8.63. The molecule has 0 fully saturated rings. The molecular weight excluding hydrogens is 232 g/mol. The Bertz CT molecular complexity index is 516. The van der Waals surface area contributed by atoms with E-state index >= 15 is 0 Å². The number of hydrogen-bond donors (Lipinski definition) is 2. The van der Waals surface area contributed by atoms with Gasteiger partial charge in [-0.1, -0.05) is 48.5 Å². The van der Waals surface area contributed by atoms with Crippen molar-refractivity contribution in [2.24, 2.45) is 0 Å². The van der Waals surface area contributed by atoms with Crippen LogP contribution in [0.1, 0.15) is 10.4 Å². The van der Waals surface area contributed by atoms with E-state index in [1.807, 2.05) is 48.5 Å². The van der Waals surface area contributed by atoms with Gasteiger partial charge in [0.05, 0.1) is 0 Å². The summed E-state index contributed by atoms with van der Waals surface area (Å²) in [6.45, 7) is 0. The van der Waals surface area contributed by atoms with Crippen molar-refractivity contribution in [2.45, 2.75) is 0 Å². The first-order valence-electron chi connectivity index (χ1n) is 5.16. The molecule has 2 rings (SSSR count). The van der Waals surface area contributed by atoms with Gasteiger partial charge in [0.15, 0.2) is 0 Å². The molecule has 4 nitrogen and oxygen atoms in total. The molecule has 0 spiro atoms. The SMILES string of the molecule is O=C(O)O.O=Cc1cccc(-c2ccccc2)c1. The van der Waals surface area contributed by atoms with Crippen LogP contribution in [0.3, 0.4) is 0 Å². The zero-order valence-corrected chi connectivity index (χ0v) is 9.48. The Morgan fingerprint density at radius 2 is 1.44 bits per heavy atom. The highest BCUT2D eigenvalue weighted by Crippen LogP contribution is 2.18. The largest absolute Gasteiger partial charge is 0.503 e. The highest BCUT2D eigenvalue weighted by atomic mass is 16.6. The van der Waals surface area contributed by atoms with Crippen LogP contribution in [0.2, 0.25) is 0 Å². The molecule has 0 aliphatic rings. The van der Waals surface area contributed by atoms with Gasteiger partial charge in [0, 0.05) is 5.56 Å². The molecule has 0 aromatic heterocycles. The first-order valence-corrected chi connectivity index (χ1v) is 5.16. The molecule has 2 N–H and O–H groups in total. The second-order valence-electron chi connectivity index (χ2n) is 3.39.